The van der Waals surface area contributed by atoms with Gasteiger partial charge in [-0.2, -0.15) is 15.3 Å². The Balaban J connectivity index is 1.73. The predicted molar refractivity (Wildman–Crippen MR) is 114 cm³/mol. The van der Waals surface area contributed by atoms with E-state index in [1.54, 1.807) is 39.2 Å². The Morgan fingerprint density at radius 3 is 2.73 bits per heavy atom. The van der Waals surface area contributed by atoms with E-state index in [-0.39, 0.29) is 11.6 Å². The van der Waals surface area contributed by atoms with Crippen molar-refractivity contribution in [2.45, 2.75) is 32.5 Å². The van der Waals surface area contributed by atoms with Crippen LogP contribution in [0.1, 0.15) is 19.4 Å². The Kier molecular flexibility index (Phi) is 6.41. The molecule has 9 heteroatoms. The molecular weight excluding hydrogens is 384 g/mol. The average Bonchev–Trinajstić information content (AvgIpc) is 2.84. The van der Waals surface area contributed by atoms with Gasteiger partial charge in [0.25, 0.3) is 11.8 Å². The van der Waals surface area contributed by atoms with E-state index in [1.807, 2.05) is 30.3 Å². The minimum Gasteiger partial charge on any atom is -0.484 e. The Labute approximate surface area is 175 Å². The standard InChI is InChI=1S/C21H24N6O3/c1-14(25-27(22-3)13-16-9-6-5-7-10-16)20(28)24-18-15(2)30-17-11-8-12-23-19(17)26(4)21(18)29/h5-12,15,18H,3,13H2,1-2,4H3,(H,24,28)/b25-14+/t15-,18+/m1/s1. The lowest BCUT2D eigenvalue weighted by atomic mass is 10.1. The Morgan fingerprint density at radius 1 is 1.30 bits per heavy atom. The number of amides is 2. The maximum Gasteiger partial charge on any atom is 0.268 e. The number of likely N-dealkylation sites (N-methyl/N-ethyl adjacent to an activating group) is 1. The maximum atomic E-state index is 12.9. The molecule has 0 aliphatic carbocycles. The van der Waals surface area contributed by atoms with E-state index in [2.05, 4.69) is 27.2 Å². The van der Waals surface area contributed by atoms with Crippen LogP contribution >= 0.6 is 0 Å². The molecule has 0 spiro atoms. The van der Waals surface area contributed by atoms with Crippen molar-refractivity contribution in [3.8, 4) is 5.75 Å². The lowest BCUT2D eigenvalue weighted by Crippen LogP contribution is -2.54. The van der Waals surface area contributed by atoms with Crippen molar-refractivity contribution in [2.75, 3.05) is 11.9 Å². The summed E-state index contributed by atoms with van der Waals surface area (Å²) in [5, 5.41) is 12.1. The Bertz CT molecular complexity index is 962. The lowest BCUT2D eigenvalue weighted by Gasteiger charge is -2.23. The van der Waals surface area contributed by atoms with Crippen molar-refractivity contribution in [1.29, 1.82) is 0 Å². The van der Waals surface area contributed by atoms with Gasteiger partial charge in [0.2, 0.25) is 0 Å². The molecule has 0 saturated heterocycles. The van der Waals surface area contributed by atoms with Gasteiger partial charge in [-0.15, -0.1) is 0 Å². The van der Waals surface area contributed by atoms with Crippen LogP contribution in [0.15, 0.2) is 58.9 Å². The number of aromatic nitrogens is 1. The normalized spacial score (nSPS) is 18.7. The van der Waals surface area contributed by atoms with E-state index in [4.69, 9.17) is 4.74 Å². The minimum absolute atomic E-state index is 0.140. The molecule has 0 unspecified atom stereocenters. The third-order valence-electron chi connectivity index (χ3n) is 4.66. The number of hydrogen-bond donors (Lipinski definition) is 1. The summed E-state index contributed by atoms with van der Waals surface area (Å²) >= 11 is 0. The number of carbonyl (C=O) groups is 2. The summed E-state index contributed by atoms with van der Waals surface area (Å²) in [4.78, 5) is 31.2. The van der Waals surface area contributed by atoms with E-state index >= 15 is 0 Å². The summed E-state index contributed by atoms with van der Waals surface area (Å²) in [6, 6.07) is 12.1. The van der Waals surface area contributed by atoms with Crippen molar-refractivity contribution in [1.82, 2.24) is 15.4 Å². The molecule has 2 heterocycles. The number of hydrogen-bond acceptors (Lipinski definition) is 7. The summed E-state index contributed by atoms with van der Waals surface area (Å²) in [7, 11) is 1.60. The first-order valence-electron chi connectivity index (χ1n) is 9.44. The molecule has 0 bridgehead atoms. The van der Waals surface area contributed by atoms with Crippen LogP contribution in [0.4, 0.5) is 5.82 Å². The fourth-order valence-electron chi connectivity index (χ4n) is 3.02. The molecule has 2 amide bonds. The van der Waals surface area contributed by atoms with Gasteiger partial charge < -0.3 is 10.1 Å². The SMILES string of the molecule is C=NN(Cc1ccccc1)/N=C(\C)C(=O)N[C@@H]1C(=O)N(C)c2ncccc2O[C@@H]1C. The van der Waals surface area contributed by atoms with Crippen molar-refractivity contribution < 1.29 is 14.3 Å². The summed E-state index contributed by atoms with van der Waals surface area (Å²) in [5.74, 6) is 0.0520. The molecule has 0 fully saturated rings. The highest BCUT2D eigenvalue weighted by Gasteiger charge is 2.36. The first kappa shape index (κ1) is 21.0. The van der Waals surface area contributed by atoms with Gasteiger partial charge in [-0.25, -0.2) is 4.98 Å². The van der Waals surface area contributed by atoms with E-state index in [1.165, 1.54) is 10.0 Å². The van der Waals surface area contributed by atoms with Crippen molar-refractivity contribution in [3.63, 3.8) is 0 Å². The second-order valence-corrected chi connectivity index (χ2v) is 6.84. The molecule has 156 valence electrons. The number of pyridine rings is 1. The smallest absolute Gasteiger partial charge is 0.268 e. The average molecular weight is 408 g/mol. The highest BCUT2D eigenvalue weighted by atomic mass is 16.5. The molecule has 2 aromatic rings. The van der Waals surface area contributed by atoms with Gasteiger partial charge in [-0.1, -0.05) is 30.3 Å². The molecule has 1 aliphatic heterocycles. The van der Waals surface area contributed by atoms with Crippen LogP contribution in [0.3, 0.4) is 0 Å². The molecule has 1 aliphatic rings. The lowest BCUT2D eigenvalue weighted by molar-refractivity contribution is -0.126. The van der Waals surface area contributed by atoms with E-state index in [9.17, 15) is 9.59 Å². The predicted octanol–water partition coefficient (Wildman–Crippen LogP) is 1.80. The largest absolute Gasteiger partial charge is 0.484 e. The molecule has 9 nitrogen and oxygen atoms in total. The summed E-state index contributed by atoms with van der Waals surface area (Å²) < 4.78 is 5.85. The van der Waals surface area contributed by atoms with Gasteiger partial charge in [0.1, 0.15) is 17.9 Å². The van der Waals surface area contributed by atoms with Crippen LogP contribution in [0, 0.1) is 0 Å². The second kappa shape index (κ2) is 9.17. The summed E-state index contributed by atoms with van der Waals surface area (Å²) in [6.07, 6.45) is 0.982. The number of nitrogens with one attached hydrogen (secondary N) is 1. The van der Waals surface area contributed by atoms with Crippen molar-refractivity contribution in [3.05, 3.63) is 54.2 Å². The fraction of sp³-hybridized carbons (Fsp3) is 0.286. The van der Waals surface area contributed by atoms with Gasteiger partial charge in [-0.05, 0) is 31.5 Å². The van der Waals surface area contributed by atoms with Crippen LogP contribution < -0.4 is 15.0 Å². The number of ether oxygens (including phenoxy) is 1. The second-order valence-electron chi connectivity index (χ2n) is 6.84. The third kappa shape index (κ3) is 4.62. The number of hydrazone groups is 2. The highest BCUT2D eigenvalue weighted by molar-refractivity contribution is 6.38. The van der Waals surface area contributed by atoms with E-state index in [0.29, 0.717) is 18.1 Å². The van der Waals surface area contributed by atoms with E-state index < -0.39 is 18.1 Å². The van der Waals surface area contributed by atoms with Gasteiger partial charge >= 0.3 is 0 Å². The molecule has 0 saturated carbocycles. The monoisotopic (exact) mass is 408 g/mol. The molecule has 1 N–H and O–H groups in total. The first-order chi connectivity index (χ1) is 14.4. The molecular formula is C21H24N6O3. The zero-order chi connectivity index (χ0) is 21.7. The summed E-state index contributed by atoms with van der Waals surface area (Å²) in [5.41, 5.74) is 1.11. The molecule has 2 atom stereocenters. The van der Waals surface area contributed by atoms with Crippen LogP contribution in [0.5, 0.6) is 5.75 Å². The topological polar surface area (TPSA) is 99.5 Å². The maximum absolute atomic E-state index is 12.9. The van der Waals surface area contributed by atoms with Gasteiger partial charge in [0.05, 0.1) is 6.54 Å². The molecule has 0 radical (unpaired) electrons. The summed E-state index contributed by atoms with van der Waals surface area (Å²) in [6.45, 7) is 7.13. The fourth-order valence-corrected chi connectivity index (χ4v) is 3.02. The van der Waals surface area contributed by atoms with Crippen LogP contribution in [0.25, 0.3) is 0 Å². The number of carbonyl (C=O) groups excluding carboxylic acids is 2. The minimum atomic E-state index is -0.902. The molecule has 1 aromatic carbocycles. The highest BCUT2D eigenvalue weighted by Crippen LogP contribution is 2.29. The quantitative estimate of drug-likeness (QED) is 0.580. The first-order valence-corrected chi connectivity index (χ1v) is 9.44. The number of rotatable bonds is 6. The zero-order valence-electron chi connectivity index (χ0n) is 17.1. The van der Waals surface area contributed by atoms with Gasteiger partial charge in [0, 0.05) is 20.0 Å². The van der Waals surface area contributed by atoms with Gasteiger partial charge in [0.15, 0.2) is 11.6 Å². The molecule has 30 heavy (non-hydrogen) atoms. The van der Waals surface area contributed by atoms with Crippen LogP contribution in [-0.2, 0) is 16.1 Å². The molecule has 1 aromatic heterocycles. The van der Waals surface area contributed by atoms with Crippen LogP contribution in [-0.4, -0.2) is 53.5 Å². The van der Waals surface area contributed by atoms with Crippen molar-refractivity contribution in [2.24, 2.45) is 10.2 Å². The number of benzene rings is 1. The molecule has 3 rings (SSSR count). The van der Waals surface area contributed by atoms with Crippen LogP contribution in [0.2, 0.25) is 0 Å². The third-order valence-corrected chi connectivity index (χ3v) is 4.66. The number of fused-ring (bicyclic) bond motifs is 1. The number of nitrogens with zero attached hydrogens (tertiary/aromatic N) is 5. The number of anilines is 1. The van der Waals surface area contributed by atoms with Crippen molar-refractivity contribution >= 4 is 30.1 Å². The van der Waals surface area contributed by atoms with E-state index in [0.717, 1.165) is 5.56 Å². The zero-order valence-corrected chi connectivity index (χ0v) is 17.1. The van der Waals surface area contributed by atoms with Gasteiger partial charge in [-0.3, -0.25) is 14.5 Å². The Morgan fingerprint density at radius 2 is 2.03 bits per heavy atom. The Hall–Kier alpha value is -3.75.